The Balaban J connectivity index is 2.35. The van der Waals surface area contributed by atoms with Crippen LogP contribution in [0.4, 0.5) is 5.82 Å². The molecule has 0 saturated heterocycles. The Morgan fingerprint density at radius 2 is 1.85 bits per heavy atom. The van der Waals surface area contributed by atoms with E-state index in [0.29, 0.717) is 6.54 Å². The Bertz CT molecular complexity index is 524. The SMILES string of the molecule is CCCCN(CCCC)c1nc2ccccn2c1CN. The summed E-state index contributed by atoms with van der Waals surface area (Å²) in [6.45, 7) is 7.10. The third-order valence-corrected chi connectivity index (χ3v) is 3.66. The van der Waals surface area contributed by atoms with E-state index in [9.17, 15) is 0 Å². The van der Waals surface area contributed by atoms with Gasteiger partial charge in [-0.05, 0) is 25.0 Å². The van der Waals surface area contributed by atoms with Crippen LogP contribution >= 0.6 is 0 Å². The Morgan fingerprint density at radius 3 is 2.45 bits per heavy atom. The number of pyridine rings is 1. The first-order chi connectivity index (χ1) is 9.81. The van der Waals surface area contributed by atoms with Crippen molar-refractivity contribution < 1.29 is 0 Å². The number of anilines is 1. The Kier molecular flexibility index (Phi) is 5.41. The number of hydrogen-bond donors (Lipinski definition) is 1. The molecule has 2 aromatic rings. The van der Waals surface area contributed by atoms with Gasteiger partial charge < -0.3 is 15.0 Å². The highest BCUT2D eigenvalue weighted by Gasteiger charge is 2.16. The van der Waals surface area contributed by atoms with Crippen LogP contribution in [-0.2, 0) is 6.54 Å². The van der Waals surface area contributed by atoms with Gasteiger partial charge in [0.15, 0.2) is 5.82 Å². The summed E-state index contributed by atoms with van der Waals surface area (Å²) >= 11 is 0. The second kappa shape index (κ2) is 7.29. The molecule has 0 bridgehead atoms. The molecule has 0 aliphatic rings. The molecule has 2 heterocycles. The lowest BCUT2D eigenvalue weighted by Gasteiger charge is -2.23. The fourth-order valence-electron chi connectivity index (χ4n) is 2.50. The zero-order chi connectivity index (χ0) is 14.4. The lowest BCUT2D eigenvalue weighted by Crippen LogP contribution is -2.27. The summed E-state index contributed by atoms with van der Waals surface area (Å²) in [7, 11) is 0. The van der Waals surface area contributed by atoms with Gasteiger partial charge in [0, 0.05) is 25.8 Å². The van der Waals surface area contributed by atoms with E-state index in [4.69, 9.17) is 10.7 Å². The van der Waals surface area contributed by atoms with Crippen molar-refractivity contribution in [1.29, 1.82) is 0 Å². The van der Waals surface area contributed by atoms with Crippen LogP contribution in [0.15, 0.2) is 24.4 Å². The van der Waals surface area contributed by atoms with Crippen molar-refractivity contribution in [2.75, 3.05) is 18.0 Å². The predicted octanol–water partition coefficient (Wildman–Crippen LogP) is 3.20. The van der Waals surface area contributed by atoms with Gasteiger partial charge in [0.05, 0.1) is 5.69 Å². The summed E-state index contributed by atoms with van der Waals surface area (Å²) in [6.07, 6.45) is 6.84. The second-order valence-electron chi connectivity index (χ2n) is 5.21. The highest BCUT2D eigenvalue weighted by atomic mass is 15.2. The highest BCUT2D eigenvalue weighted by Crippen LogP contribution is 2.22. The van der Waals surface area contributed by atoms with Crippen LogP contribution in [0.1, 0.15) is 45.2 Å². The van der Waals surface area contributed by atoms with Crippen molar-refractivity contribution in [2.45, 2.75) is 46.1 Å². The fourth-order valence-corrected chi connectivity index (χ4v) is 2.50. The summed E-state index contributed by atoms with van der Waals surface area (Å²) in [6, 6.07) is 6.09. The molecular formula is C16H26N4. The van der Waals surface area contributed by atoms with Crippen molar-refractivity contribution in [3.63, 3.8) is 0 Å². The smallest absolute Gasteiger partial charge is 0.152 e. The summed E-state index contributed by atoms with van der Waals surface area (Å²) in [5.41, 5.74) is 8.07. The molecule has 0 radical (unpaired) electrons. The monoisotopic (exact) mass is 274 g/mol. The maximum atomic E-state index is 5.97. The van der Waals surface area contributed by atoms with E-state index in [1.165, 1.54) is 25.7 Å². The predicted molar refractivity (Wildman–Crippen MR) is 85.1 cm³/mol. The molecule has 0 aromatic carbocycles. The van der Waals surface area contributed by atoms with E-state index in [2.05, 4.69) is 23.1 Å². The zero-order valence-electron chi connectivity index (χ0n) is 12.7. The topological polar surface area (TPSA) is 46.6 Å². The van der Waals surface area contributed by atoms with Gasteiger partial charge in [-0.3, -0.25) is 0 Å². The molecular weight excluding hydrogens is 248 g/mol. The molecule has 0 amide bonds. The number of fused-ring (bicyclic) bond motifs is 1. The van der Waals surface area contributed by atoms with E-state index in [1.54, 1.807) is 0 Å². The number of imidazole rings is 1. The van der Waals surface area contributed by atoms with Gasteiger partial charge in [0.1, 0.15) is 5.65 Å². The largest absolute Gasteiger partial charge is 0.355 e. The molecule has 0 unspecified atom stereocenters. The minimum Gasteiger partial charge on any atom is -0.355 e. The van der Waals surface area contributed by atoms with Crippen LogP contribution < -0.4 is 10.6 Å². The number of rotatable bonds is 8. The van der Waals surface area contributed by atoms with Crippen molar-refractivity contribution in [2.24, 2.45) is 5.73 Å². The maximum Gasteiger partial charge on any atom is 0.152 e. The first-order valence-corrected chi connectivity index (χ1v) is 7.72. The van der Waals surface area contributed by atoms with E-state index < -0.39 is 0 Å². The molecule has 4 heteroatoms. The average molecular weight is 274 g/mol. The quantitative estimate of drug-likeness (QED) is 0.804. The van der Waals surface area contributed by atoms with Crippen molar-refractivity contribution in [1.82, 2.24) is 9.38 Å². The zero-order valence-corrected chi connectivity index (χ0v) is 12.7. The Morgan fingerprint density at radius 1 is 1.15 bits per heavy atom. The first kappa shape index (κ1) is 14.9. The lowest BCUT2D eigenvalue weighted by atomic mass is 10.2. The summed E-state index contributed by atoms with van der Waals surface area (Å²) < 4.78 is 2.11. The van der Waals surface area contributed by atoms with E-state index in [1.807, 2.05) is 24.4 Å². The molecule has 20 heavy (non-hydrogen) atoms. The van der Waals surface area contributed by atoms with Gasteiger partial charge in [0.25, 0.3) is 0 Å². The molecule has 2 rings (SSSR count). The van der Waals surface area contributed by atoms with E-state index in [0.717, 1.165) is 30.2 Å². The molecule has 0 aliphatic heterocycles. The van der Waals surface area contributed by atoms with Gasteiger partial charge in [0.2, 0.25) is 0 Å². The number of aromatic nitrogens is 2. The lowest BCUT2D eigenvalue weighted by molar-refractivity contribution is 0.669. The molecule has 0 atom stereocenters. The molecule has 2 aromatic heterocycles. The highest BCUT2D eigenvalue weighted by molar-refractivity contribution is 5.55. The van der Waals surface area contributed by atoms with E-state index in [-0.39, 0.29) is 0 Å². The molecule has 4 nitrogen and oxygen atoms in total. The fraction of sp³-hybridized carbons (Fsp3) is 0.562. The van der Waals surface area contributed by atoms with Crippen molar-refractivity contribution in [3.8, 4) is 0 Å². The van der Waals surface area contributed by atoms with E-state index >= 15 is 0 Å². The normalized spacial score (nSPS) is 11.2. The molecule has 0 spiro atoms. The maximum absolute atomic E-state index is 5.97. The first-order valence-electron chi connectivity index (χ1n) is 7.72. The average Bonchev–Trinajstić information content (AvgIpc) is 2.85. The molecule has 0 saturated carbocycles. The molecule has 110 valence electrons. The van der Waals surface area contributed by atoms with Crippen LogP contribution in [0.3, 0.4) is 0 Å². The Labute approximate surface area is 121 Å². The van der Waals surface area contributed by atoms with Crippen LogP contribution in [-0.4, -0.2) is 22.5 Å². The third kappa shape index (κ3) is 3.12. The summed E-state index contributed by atoms with van der Waals surface area (Å²) in [5.74, 6) is 1.07. The van der Waals surface area contributed by atoms with Crippen LogP contribution in [0, 0.1) is 0 Å². The molecule has 0 aliphatic carbocycles. The van der Waals surface area contributed by atoms with Gasteiger partial charge in [-0.25, -0.2) is 4.98 Å². The van der Waals surface area contributed by atoms with Crippen LogP contribution in [0.25, 0.3) is 5.65 Å². The number of nitrogens with zero attached hydrogens (tertiary/aromatic N) is 3. The number of hydrogen-bond acceptors (Lipinski definition) is 3. The molecule has 2 N–H and O–H groups in total. The number of unbranched alkanes of at least 4 members (excludes halogenated alkanes) is 2. The Hall–Kier alpha value is -1.55. The second-order valence-corrected chi connectivity index (χ2v) is 5.21. The van der Waals surface area contributed by atoms with Gasteiger partial charge in [-0.1, -0.05) is 32.8 Å². The third-order valence-electron chi connectivity index (χ3n) is 3.66. The summed E-state index contributed by atoms with van der Waals surface area (Å²) in [4.78, 5) is 7.20. The van der Waals surface area contributed by atoms with Gasteiger partial charge >= 0.3 is 0 Å². The van der Waals surface area contributed by atoms with Crippen LogP contribution in [0.2, 0.25) is 0 Å². The minimum absolute atomic E-state index is 0.523. The standard InChI is InChI=1S/C16H26N4/c1-3-5-10-19(11-6-4-2)16-14(13-17)20-12-8-7-9-15(20)18-16/h7-9,12H,3-6,10-11,13,17H2,1-2H3. The minimum atomic E-state index is 0.523. The van der Waals surface area contributed by atoms with Gasteiger partial charge in [-0.2, -0.15) is 0 Å². The van der Waals surface area contributed by atoms with Crippen LogP contribution in [0.5, 0.6) is 0 Å². The van der Waals surface area contributed by atoms with Crippen molar-refractivity contribution >= 4 is 11.5 Å². The molecule has 0 fully saturated rings. The summed E-state index contributed by atoms with van der Waals surface area (Å²) in [5, 5.41) is 0. The van der Waals surface area contributed by atoms with Crippen molar-refractivity contribution in [3.05, 3.63) is 30.1 Å². The number of nitrogens with two attached hydrogens (primary N) is 1. The van der Waals surface area contributed by atoms with Gasteiger partial charge in [-0.15, -0.1) is 0 Å².